The van der Waals surface area contributed by atoms with E-state index in [-0.39, 0.29) is 5.91 Å². The summed E-state index contributed by atoms with van der Waals surface area (Å²) >= 11 is 5.84. The number of anilines is 2. The van der Waals surface area contributed by atoms with Gasteiger partial charge in [-0.1, -0.05) is 41.9 Å². The monoisotopic (exact) mass is 366 g/mol. The van der Waals surface area contributed by atoms with Gasteiger partial charge in [0.05, 0.1) is 0 Å². The Balaban J connectivity index is 1.67. The van der Waals surface area contributed by atoms with Crippen LogP contribution in [-0.4, -0.2) is 22.6 Å². The molecule has 0 aliphatic heterocycles. The lowest BCUT2D eigenvalue weighted by atomic mass is 10.2. The van der Waals surface area contributed by atoms with Crippen molar-refractivity contribution in [1.82, 2.24) is 10.2 Å². The van der Waals surface area contributed by atoms with E-state index in [1.165, 1.54) is 5.56 Å². The Kier molecular flexibility index (Phi) is 5.81. The highest BCUT2D eigenvalue weighted by molar-refractivity contribution is 6.30. The third kappa shape index (κ3) is 4.58. The average Bonchev–Trinajstić information content (AvgIpc) is 2.68. The van der Waals surface area contributed by atoms with Crippen LogP contribution >= 0.6 is 11.6 Å². The van der Waals surface area contributed by atoms with Gasteiger partial charge < -0.3 is 10.2 Å². The van der Waals surface area contributed by atoms with Gasteiger partial charge in [0.15, 0.2) is 11.6 Å². The third-order valence-electron chi connectivity index (χ3n) is 3.92. The molecule has 0 aliphatic carbocycles. The highest BCUT2D eigenvalue weighted by atomic mass is 35.5. The maximum atomic E-state index is 12.2. The van der Waals surface area contributed by atoms with Crippen molar-refractivity contribution in [2.75, 3.05) is 16.8 Å². The van der Waals surface area contributed by atoms with Crippen LogP contribution in [0.15, 0.2) is 66.7 Å². The van der Waals surface area contributed by atoms with Crippen molar-refractivity contribution < 1.29 is 4.79 Å². The minimum absolute atomic E-state index is 0.250. The van der Waals surface area contributed by atoms with Crippen LogP contribution in [0.4, 0.5) is 11.6 Å². The summed E-state index contributed by atoms with van der Waals surface area (Å²) < 4.78 is 0. The second kappa shape index (κ2) is 8.45. The molecule has 3 aromatic rings. The quantitative estimate of drug-likeness (QED) is 0.702. The zero-order chi connectivity index (χ0) is 18.4. The first-order chi connectivity index (χ1) is 12.7. The molecule has 26 heavy (non-hydrogen) atoms. The summed E-state index contributed by atoms with van der Waals surface area (Å²) in [4.78, 5) is 14.3. The highest BCUT2D eigenvalue weighted by Gasteiger charge is 2.10. The van der Waals surface area contributed by atoms with Gasteiger partial charge in [-0.3, -0.25) is 4.79 Å². The zero-order valence-electron chi connectivity index (χ0n) is 14.4. The van der Waals surface area contributed by atoms with Crippen LogP contribution in [0.3, 0.4) is 0 Å². The molecule has 0 radical (unpaired) electrons. The largest absolute Gasteiger partial charge is 0.351 e. The normalized spacial score (nSPS) is 10.4. The van der Waals surface area contributed by atoms with E-state index >= 15 is 0 Å². The fraction of sp³-hybridized carbons (Fsp3) is 0.150. The Morgan fingerprint density at radius 3 is 2.35 bits per heavy atom. The molecular weight excluding hydrogens is 348 g/mol. The lowest BCUT2D eigenvalue weighted by molar-refractivity contribution is 0.102. The van der Waals surface area contributed by atoms with Gasteiger partial charge in [-0.15, -0.1) is 10.2 Å². The van der Waals surface area contributed by atoms with Gasteiger partial charge >= 0.3 is 0 Å². The molecular formula is C20H19ClN4O. The van der Waals surface area contributed by atoms with Crippen LogP contribution in [0.5, 0.6) is 0 Å². The molecule has 1 aromatic heterocycles. The van der Waals surface area contributed by atoms with Crippen LogP contribution < -0.4 is 10.2 Å². The third-order valence-corrected chi connectivity index (χ3v) is 4.17. The Labute approximate surface area is 157 Å². The number of hydrogen-bond donors (Lipinski definition) is 1. The number of halogens is 1. The van der Waals surface area contributed by atoms with Gasteiger partial charge in [0.25, 0.3) is 5.91 Å². The Hall–Kier alpha value is -2.92. The topological polar surface area (TPSA) is 58.1 Å². The van der Waals surface area contributed by atoms with Crippen LogP contribution in [0.25, 0.3) is 0 Å². The van der Waals surface area contributed by atoms with Crippen molar-refractivity contribution in [2.45, 2.75) is 13.5 Å². The molecule has 0 unspecified atom stereocenters. The Morgan fingerprint density at radius 2 is 1.73 bits per heavy atom. The van der Waals surface area contributed by atoms with Gasteiger partial charge in [0, 0.05) is 23.7 Å². The second-order valence-corrected chi connectivity index (χ2v) is 6.17. The maximum Gasteiger partial charge on any atom is 0.256 e. The molecule has 2 aromatic carbocycles. The van der Waals surface area contributed by atoms with Gasteiger partial charge in [-0.05, 0) is 48.9 Å². The number of benzene rings is 2. The van der Waals surface area contributed by atoms with E-state index in [2.05, 4.69) is 39.5 Å². The predicted octanol–water partition coefficient (Wildman–Crippen LogP) is 4.41. The number of nitrogens with one attached hydrogen (secondary N) is 1. The molecule has 1 heterocycles. The van der Waals surface area contributed by atoms with E-state index in [0.717, 1.165) is 18.9 Å². The number of amides is 1. The number of rotatable bonds is 6. The molecule has 0 fully saturated rings. The summed E-state index contributed by atoms with van der Waals surface area (Å²) in [5.41, 5.74) is 1.72. The first-order valence-electron chi connectivity index (χ1n) is 8.35. The molecule has 0 spiro atoms. The zero-order valence-corrected chi connectivity index (χ0v) is 15.1. The fourth-order valence-electron chi connectivity index (χ4n) is 2.51. The van der Waals surface area contributed by atoms with Crippen LogP contribution in [0.1, 0.15) is 22.8 Å². The summed E-state index contributed by atoms with van der Waals surface area (Å²) in [6.45, 7) is 3.63. The Morgan fingerprint density at radius 1 is 1.00 bits per heavy atom. The van der Waals surface area contributed by atoms with Crippen molar-refractivity contribution in [3.05, 3.63) is 82.9 Å². The van der Waals surface area contributed by atoms with Crippen LogP contribution in [0.2, 0.25) is 5.02 Å². The van der Waals surface area contributed by atoms with Gasteiger partial charge in [-0.25, -0.2) is 0 Å². The summed E-state index contributed by atoms with van der Waals surface area (Å²) in [6, 6.07) is 20.5. The lowest BCUT2D eigenvalue weighted by Gasteiger charge is -2.21. The molecule has 0 bridgehead atoms. The molecule has 3 rings (SSSR count). The maximum absolute atomic E-state index is 12.2. The van der Waals surface area contributed by atoms with Gasteiger partial charge in [-0.2, -0.15) is 0 Å². The van der Waals surface area contributed by atoms with Crippen LogP contribution in [0, 0.1) is 0 Å². The van der Waals surface area contributed by atoms with Crippen molar-refractivity contribution in [3.63, 3.8) is 0 Å². The molecule has 1 amide bonds. The second-order valence-electron chi connectivity index (χ2n) is 5.74. The molecule has 5 nitrogen and oxygen atoms in total. The lowest BCUT2D eigenvalue weighted by Crippen LogP contribution is -2.23. The van der Waals surface area contributed by atoms with E-state index in [4.69, 9.17) is 11.6 Å². The summed E-state index contributed by atoms with van der Waals surface area (Å²) in [5, 5.41) is 11.7. The number of aromatic nitrogens is 2. The highest BCUT2D eigenvalue weighted by Crippen LogP contribution is 2.16. The minimum atomic E-state index is -0.250. The van der Waals surface area contributed by atoms with E-state index in [1.54, 1.807) is 30.3 Å². The average molecular weight is 367 g/mol. The predicted molar refractivity (Wildman–Crippen MR) is 105 cm³/mol. The number of carbonyl (C=O) groups excluding carboxylic acids is 1. The fourth-order valence-corrected chi connectivity index (χ4v) is 2.63. The standard InChI is InChI=1S/C20H19ClN4O/c1-2-25(14-15-6-4-3-5-7-15)19-13-12-18(23-24-19)22-20(26)16-8-10-17(21)11-9-16/h3-13H,2,14H2,1H3,(H,22,23,26). The molecule has 0 atom stereocenters. The van der Waals surface area contributed by atoms with Crippen molar-refractivity contribution in [3.8, 4) is 0 Å². The Bertz CT molecular complexity index is 851. The molecule has 0 aliphatic rings. The molecule has 132 valence electrons. The van der Waals surface area contributed by atoms with Gasteiger partial charge in [0.2, 0.25) is 0 Å². The summed E-state index contributed by atoms with van der Waals surface area (Å²) in [7, 11) is 0. The smallest absolute Gasteiger partial charge is 0.256 e. The molecule has 0 saturated carbocycles. The first kappa shape index (κ1) is 17.9. The summed E-state index contributed by atoms with van der Waals surface area (Å²) in [6.07, 6.45) is 0. The number of carbonyl (C=O) groups is 1. The molecule has 6 heteroatoms. The first-order valence-corrected chi connectivity index (χ1v) is 8.73. The van der Waals surface area contributed by atoms with E-state index in [0.29, 0.717) is 16.4 Å². The van der Waals surface area contributed by atoms with E-state index in [9.17, 15) is 4.79 Å². The van der Waals surface area contributed by atoms with E-state index in [1.807, 2.05) is 24.3 Å². The molecule has 0 saturated heterocycles. The van der Waals surface area contributed by atoms with Crippen LogP contribution in [-0.2, 0) is 6.54 Å². The minimum Gasteiger partial charge on any atom is -0.351 e. The van der Waals surface area contributed by atoms with Crippen molar-refractivity contribution in [2.24, 2.45) is 0 Å². The van der Waals surface area contributed by atoms with Crippen molar-refractivity contribution >= 4 is 29.1 Å². The SMILES string of the molecule is CCN(Cc1ccccc1)c1ccc(NC(=O)c2ccc(Cl)cc2)nn1. The number of nitrogens with zero attached hydrogens (tertiary/aromatic N) is 3. The van der Waals surface area contributed by atoms with Crippen molar-refractivity contribution in [1.29, 1.82) is 0 Å². The van der Waals surface area contributed by atoms with E-state index < -0.39 is 0 Å². The number of hydrogen-bond acceptors (Lipinski definition) is 4. The molecule has 1 N–H and O–H groups in total. The summed E-state index contributed by atoms with van der Waals surface area (Å²) in [5.74, 6) is 0.922. The van der Waals surface area contributed by atoms with Gasteiger partial charge in [0.1, 0.15) is 0 Å².